The number of benzene rings is 1. The number of β-lactam (4-membered cyclic amide) rings is 1. The number of amides is 1. The molecule has 1 amide bonds. The summed E-state index contributed by atoms with van der Waals surface area (Å²) in [4.78, 5) is 24.4. The molecule has 2 atom stereocenters. The van der Waals surface area contributed by atoms with E-state index in [-0.39, 0.29) is 27.4 Å². The fraction of sp³-hybridized carbons (Fsp3) is 0.600. The fourth-order valence-electron chi connectivity index (χ4n) is 2.54. The Kier molecular flexibility index (Phi) is 7.76. The van der Waals surface area contributed by atoms with Gasteiger partial charge < -0.3 is 9.74 Å². The van der Waals surface area contributed by atoms with Gasteiger partial charge in [0.1, 0.15) is 0 Å². The van der Waals surface area contributed by atoms with Gasteiger partial charge in [0.2, 0.25) is 11.0 Å². The predicted octanol–water partition coefficient (Wildman–Crippen LogP) is 5.33. The van der Waals surface area contributed by atoms with Gasteiger partial charge in [0.05, 0.1) is 11.3 Å². The summed E-state index contributed by atoms with van der Waals surface area (Å²) in [5, 5.41) is 3.69. The Morgan fingerprint density at radius 2 is 1.89 bits per heavy atom. The average molecular weight is 473 g/mol. The van der Waals surface area contributed by atoms with Crippen molar-refractivity contribution in [1.29, 1.82) is 0 Å². The first-order valence-corrected chi connectivity index (χ1v) is 14.3. The molecule has 7 heteroatoms. The molecule has 1 aromatic rings. The summed E-state index contributed by atoms with van der Waals surface area (Å²) >= 11 is 4.62. The van der Waals surface area contributed by atoms with E-state index < -0.39 is 8.32 Å². The predicted molar refractivity (Wildman–Crippen MR) is 119 cm³/mol. The molecule has 0 saturated carbocycles. The lowest BCUT2D eigenvalue weighted by molar-refractivity contribution is -0.132. The van der Waals surface area contributed by atoms with E-state index in [2.05, 4.69) is 55.1 Å². The number of hydrogen-bond acceptors (Lipinski definition) is 4. The Morgan fingerprint density at radius 1 is 1.26 bits per heavy atom. The summed E-state index contributed by atoms with van der Waals surface area (Å²) in [6.07, 6.45) is 1.60. The van der Waals surface area contributed by atoms with Crippen molar-refractivity contribution in [3.05, 3.63) is 35.4 Å². The zero-order valence-corrected chi connectivity index (χ0v) is 20.2. The highest BCUT2D eigenvalue weighted by molar-refractivity contribution is 9.08. The number of nitrogens with one attached hydrogen (secondary N) is 1. The molecule has 0 spiro atoms. The third kappa shape index (κ3) is 5.92. The molecule has 1 aliphatic heterocycles. The van der Waals surface area contributed by atoms with E-state index in [1.165, 1.54) is 11.8 Å². The van der Waals surface area contributed by atoms with Gasteiger partial charge in [-0.05, 0) is 36.5 Å². The zero-order chi connectivity index (χ0) is 20.2. The van der Waals surface area contributed by atoms with Crippen LogP contribution in [-0.4, -0.2) is 31.3 Å². The van der Waals surface area contributed by atoms with Crippen molar-refractivity contribution in [3.8, 4) is 0 Å². The highest BCUT2D eigenvalue weighted by Gasteiger charge is 2.41. The minimum Gasteiger partial charge on any atom is -0.417 e. The van der Waals surface area contributed by atoms with Crippen molar-refractivity contribution in [1.82, 2.24) is 5.32 Å². The molecule has 1 aromatic carbocycles. The maximum absolute atomic E-state index is 12.5. The third-order valence-corrected chi connectivity index (χ3v) is 11.8. The molecule has 1 heterocycles. The number of hydrogen-bond donors (Lipinski definition) is 1. The van der Waals surface area contributed by atoms with E-state index in [9.17, 15) is 9.59 Å². The maximum Gasteiger partial charge on any atom is 0.226 e. The molecule has 2 rings (SSSR count). The van der Waals surface area contributed by atoms with Gasteiger partial charge in [0.15, 0.2) is 8.32 Å². The van der Waals surface area contributed by atoms with Gasteiger partial charge in [-0.1, -0.05) is 72.7 Å². The highest BCUT2D eigenvalue weighted by Crippen LogP contribution is 2.37. The van der Waals surface area contributed by atoms with Crippen LogP contribution in [0.1, 0.15) is 49.5 Å². The van der Waals surface area contributed by atoms with Crippen LogP contribution in [0, 0.1) is 5.92 Å². The summed E-state index contributed by atoms with van der Waals surface area (Å²) in [7, 11) is -1.74. The quantitative estimate of drug-likeness (QED) is 0.241. The highest BCUT2D eigenvalue weighted by atomic mass is 79.9. The van der Waals surface area contributed by atoms with Gasteiger partial charge in [-0.2, -0.15) is 0 Å². The van der Waals surface area contributed by atoms with Crippen LogP contribution in [0.25, 0.3) is 0 Å². The topological polar surface area (TPSA) is 55.4 Å². The second-order valence-corrected chi connectivity index (χ2v) is 15.0. The number of carbonyl (C=O) groups is 2. The second-order valence-electron chi connectivity index (χ2n) is 8.52. The van der Waals surface area contributed by atoms with Crippen LogP contribution >= 0.6 is 27.7 Å². The smallest absolute Gasteiger partial charge is 0.226 e. The molecule has 1 aliphatic rings. The largest absolute Gasteiger partial charge is 0.417 e. The summed E-state index contributed by atoms with van der Waals surface area (Å²) in [6, 6.07) is 7.57. The van der Waals surface area contributed by atoms with E-state index in [0.29, 0.717) is 12.2 Å². The van der Waals surface area contributed by atoms with Crippen LogP contribution in [0.3, 0.4) is 0 Å². The Labute approximate surface area is 176 Å². The summed E-state index contributed by atoms with van der Waals surface area (Å²) in [6.45, 7) is 11.8. The molecule has 4 nitrogen and oxygen atoms in total. The first kappa shape index (κ1) is 22.7. The Balaban J connectivity index is 1.80. The number of alkyl halides is 1. The summed E-state index contributed by atoms with van der Waals surface area (Å²) in [5.41, 5.74) is 1.80. The maximum atomic E-state index is 12.5. The minimum atomic E-state index is -1.74. The molecule has 0 radical (unpaired) electrons. The van der Waals surface area contributed by atoms with Gasteiger partial charge in [0, 0.05) is 17.5 Å². The first-order valence-electron chi connectivity index (χ1n) is 9.35. The zero-order valence-electron chi connectivity index (χ0n) is 16.8. The van der Waals surface area contributed by atoms with Gasteiger partial charge in [-0.3, -0.25) is 9.59 Å². The SMILES string of the molecule is CC(C)(C)[Si](C)(C)OCCC[C@@H]1C(=O)N[C@@H]1SC(=O)c1ccc(CBr)cc1. The molecule has 150 valence electrons. The summed E-state index contributed by atoms with van der Waals surface area (Å²) < 4.78 is 6.19. The van der Waals surface area contributed by atoms with Crippen LogP contribution in [0.4, 0.5) is 0 Å². The third-order valence-electron chi connectivity index (χ3n) is 5.49. The van der Waals surface area contributed by atoms with Crippen LogP contribution in [0.5, 0.6) is 0 Å². The monoisotopic (exact) mass is 471 g/mol. The van der Waals surface area contributed by atoms with Crippen molar-refractivity contribution in [3.63, 3.8) is 0 Å². The van der Waals surface area contributed by atoms with Gasteiger partial charge in [0.25, 0.3) is 0 Å². The van der Waals surface area contributed by atoms with Gasteiger partial charge >= 0.3 is 0 Å². The molecule has 0 aliphatic carbocycles. The van der Waals surface area contributed by atoms with Crippen LogP contribution in [-0.2, 0) is 14.6 Å². The lowest BCUT2D eigenvalue weighted by Gasteiger charge is -2.37. The first-order chi connectivity index (χ1) is 12.5. The van der Waals surface area contributed by atoms with Crippen LogP contribution in [0.15, 0.2) is 24.3 Å². The van der Waals surface area contributed by atoms with Crippen molar-refractivity contribution in [2.24, 2.45) is 5.92 Å². The van der Waals surface area contributed by atoms with Crippen molar-refractivity contribution < 1.29 is 14.0 Å². The van der Waals surface area contributed by atoms with E-state index in [0.717, 1.165) is 23.7 Å². The van der Waals surface area contributed by atoms with Gasteiger partial charge in [-0.15, -0.1) is 0 Å². The molecule has 1 N–H and O–H groups in total. The minimum absolute atomic E-state index is 0.00338. The second kappa shape index (κ2) is 9.24. The van der Waals surface area contributed by atoms with E-state index in [1.54, 1.807) is 0 Å². The number of rotatable bonds is 8. The van der Waals surface area contributed by atoms with E-state index in [4.69, 9.17) is 4.43 Å². The Bertz CT molecular complexity index is 673. The van der Waals surface area contributed by atoms with E-state index >= 15 is 0 Å². The van der Waals surface area contributed by atoms with Gasteiger partial charge in [-0.25, -0.2) is 0 Å². The van der Waals surface area contributed by atoms with E-state index in [1.807, 2.05) is 24.3 Å². The standard InChI is InChI=1S/C20H30BrNO3SSi/c1-20(2,3)27(4,5)25-12-6-7-16-17(23)22-18(16)26-19(24)15-10-8-14(13-21)9-11-15/h8-11,16,18H,6-7,12-13H2,1-5H3,(H,22,23)/t16-,18-/m1/s1. The van der Waals surface area contributed by atoms with Crippen LogP contribution in [0.2, 0.25) is 18.1 Å². The average Bonchev–Trinajstić information content (AvgIpc) is 2.59. The van der Waals surface area contributed by atoms with Crippen molar-refractivity contribution in [2.45, 2.75) is 62.4 Å². The normalized spacial score (nSPS) is 20.1. The number of carbonyl (C=O) groups excluding carboxylic acids is 2. The molecule has 0 aromatic heterocycles. The lowest BCUT2D eigenvalue weighted by atomic mass is 9.96. The Hall–Kier alpha value is -0.633. The molecule has 0 bridgehead atoms. The van der Waals surface area contributed by atoms with Crippen LogP contribution < -0.4 is 5.32 Å². The number of thioether (sulfide) groups is 1. The fourth-order valence-corrected chi connectivity index (χ4v) is 5.11. The molecule has 1 fully saturated rings. The van der Waals surface area contributed by atoms with Crippen molar-refractivity contribution in [2.75, 3.05) is 6.61 Å². The summed E-state index contributed by atoms with van der Waals surface area (Å²) in [5.74, 6) is -0.0638. The number of halogens is 1. The Morgan fingerprint density at radius 3 is 2.41 bits per heavy atom. The molecule has 0 unspecified atom stereocenters. The molecular formula is C20H30BrNO3SSi. The molecule has 27 heavy (non-hydrogen) atoms. The van der Waals surface area contributed by atoms with Crippen molar-refractivity contribution >= 4 is 47.0 Å². The lowest BCUT2D eigenvalue weighted by Crippen LogP contribution is -2.56. The molecular weight excluding hydrogens is 442 g/mol. The molecule has 1 saturated heterocycles.